The van der Waals surface area contributed by atoms with Crippen molar-refractivity contribution in [1.29, 1.82) is 0 Å². The molecule has 2 aromatic carbocycles. The van der Waals surface area contributed by atoms with Crippen LogP contribution >= 0.6 is 35.6 Å². The van der Waals surface area contributed by atoms with Gasteiger partial charge in [0.25, 0.3) is 0 Å². The molecular weight excluding hydrogens is 381 g/mol. The second kappa shape index (κ2) is 9.16. The molecule has 0 radical (unpaired) electrons. The van der Waals surface area contributed by atoms with E-state index in [1.165, 1.54) is 0 Å². The predicted molar refractivity (Wildman–Crippen MR) is 105 cm³/mol. The molecule has 3 nitrogen and oxygen atoms in total. The van der Waals surface area contributed by atoms with Crippen molar-refractivity contribution in [3.63, 3.8) is 0 Å². The van der Waals surface area contributed by atoms with Crippen LogP contribution in [0.4, 0.5) is 0 Å². The Hall–Kier alpha value is -1.65. The summed E-state index contributed by atoms with van der Waals surface area (Å²) in [7, 11) is 1.67. The summed E-state index contributed by atoms with van der Waals surface area (Å²) in [4.78, 5) is 0. The average Bonchev–Trinajstić information content (AvgIpc) is 3.03. The van der Waals surface area contributed by atoms with Crippen molar-refractivity contribution in [2.45, 2.75) is 13.1 Å². The van der Waals surface area contributed by atoms with Gasteiger partial charge in [0, 0.05) is 27.7 Å². The summed E-state index contributed by atoms with van der Waals surface area (Å²) in [6.45, 7) is 1.31. The van der Waals surface area contributed by atoms with E-state index in [0.29, 0.717) is 23.1 Å². The maximum Gasteiger partial charge on any atom is 0.134 e. The van der Waals surface area contributed by atoms with Crippen molar-refractivity contribution < 1.29 is 9.15 Å². The van der Waals surface area contributed by atoms with Gasteiger partial charge in [0.05, 0.1) is 13.7 Å². The lowest BCUT2D eigenvalue weighted by molar-refractivity contribution is 0.406. The van der Waals surface area contributed by atoms with Crippen LogP contribution in [-0.2, 0) is 13.1 Å². The van der Waals surface area contributed by atoms with Gasteiger partial charge in [-0.1, -0.05) is 41.4 Å². The van der Waals surface area contributed by atoms with Gasteiger partial charge in [-0.05, 0) is 36.4 Å². The van der Waals surface area contributed by atoms with Gasteiger partial charge in [0.15, 0.2) is 0 Å². The van der Waals surface area contributed by atoms with Crippen molar-refractivity contribution in [2.75, 3.05) is 7.11 Å². The molecule has 0 aliphatic rings. The Morgan fingerprint density at radius 1 is 0.960 bits per heavy atom. The standard InChI is InChI=1S/C19H17Cl2NO2.ClH/c1-23-18-5-3-2-4-13(18)11-22-12-17-6-7-19(24-17)14-8-15(20)10-16(21)9-14;/h2-10,22H,11-12H2,1H3;1H. The van der Waals surface area contributed by atoms with E-state index in [4.69, 9.17) is 32.4 Å². The Morgan fingerprint density at radius 2 is 1.68 bits per heavy atom. The number of rotatable bonds is 6. The Bertz CT molecular complexity index is 813. The first-order chi connectivity index (χ1) is 11.7. The van der Waals surface area contributed by atoms with E-state index >= 15 is 0 Å². The molecule has 0 aliphatic heterocycles. The summed E-state index contributed by atoms with van der Waals surface area (Å²) in [5, 5.41) is 4.53. The first-order valence-electron chi connectivity index (χ1n) is 7.53. The van der Waals surface area contributed by atoms with Gasteiger partial charge in [-0.15, -0.1) is 12.4 Å². The lowest BCUT2D eigenvalue weighted by Gasteiger charge is -2.08. The third-order valence-electron chi connectivity index (χ3n) is 3.62. The smallest absolute Gasteiger partial charge is 0.134 e. The van der Waals surface area contributed by atoms with Crippen LogP contribution in [0.2, 0.25) is 10.0 Å². The Morgan fingerprint density at radius 3 is 2.40 bits per heavy atom. The van der Waals surface area contributed by atoms with Gasteiger partial charge in [0.2, 0.25) is 0 Å². The molecule has 0 amide bonds. The van der Waals surface area contributed by atoms with Gasteiger partial charge in [-0.25, -0.2) is 0 Å². The molecule has 0 bridgehead atoms. The van der Waals surface area contributed by atoms with E-state index in [2.05, 4.69) is 5.32 Å². The third kappa shape index (κ3) is 5.16. The van der Waals surface area contributed by atoms with E-state index in [1.54, 1.807) is 13.2 Å². The van der Waals surface area contributed by atoms with Crippen molar-refractivity contribution in [3.05, 3.63) is 76.0 Å². The molecule has 25 heavy (non-hydrogen) atoms. The molecule has 0 atom stereocenters. The minimum absolute atomic E-state index is 0. The first-order valence-corrected chi connectivity index (χ1v) is 8.29. The molecule has 1 heterocycles. The van der Waals surface area contributed by atoms with Crippen LogP contribution in [0.15, 0.2) is 59.0 Å². The highest BCUT2D eigenvalue weighted by Gasteiger charge is 2.07. The number of hydrogen-bond acceptors (Lipinski definition) is 3. The summed E-state index contributed by atoms with van der Waals surface area (Å²) in [6.07, 6.45) is 0. The van der Waals surface area contributed by atoms with E-state index in [-0.39, 0.29) is 12.4 Å². The summed E-state index contributed by atoms with van der Waals surface area (Å²) < 4.78 is 11.2. The first kappa shape index (κ1) is 19.7. The second-order valence-corrected chi connectivity index (χ2v) is 6.21. The van der Waals surface area contributed by atoms with Gasteiger partial charge >= 0.3 is 0 Å². The lowest BCUT2D eigenvalue weighted by atomic mass is 10.2. The van der Waals surface area contributed by atoms with Crippen LogP contribution in [0.1, 0.15) is 11.3 Å². The molecule has 1 N–H and O–H groups in total. The number of ether oxygens (including phenoxy) is 1. The molecule has 0 spiro atoms. The zero-order valence-electron chi connectivity index (χ0n) is 13.6. The van der Waals surface area contributed by atoms with Crippen molar-refractivity contribution >= 4 is 35.6 Å². The zero-order chi connectivity index (χ0) is 16.9. The highest BCUT2D eigenvalue weighted by atomic mass is 35.5. The van der Waals surface area contributed by atoms with Crippen LogP contribution in [-0.4, -0.2) is 7.11 Å². The van der Waals surface area contributed by atoms with Crippen LogP contribution in [0.25, 0.3) is 11.3 Å². The summed E-state index contributed by atoms with van der Waals surface area (Å²) >= 11 is 12.1. The molecule has 3 aromatic rings. The summed E-state index contributed by atoms with van der Waals surface area (Å²) in [6, 6.07) is 17.2. The molecular formula is C19H18Cl3NO2. The Balaban J connectivity index is 0.00000225. The molecule has 0 saturated heterocycles. The zero-order valence-corrected chi connectivity index (χ0v) is 15.9. The normalized spacial score (nSPS) is 10.4. The number of para-hydroxylation sites is 1. The summed E-state index contributed by atoms with van der Waals surface area (Å²) in [5.74, 6) is 2.46. The largest absolute Gasteiger partial charge is 0.496 e. The van der Waals surface area contributed by atoms with Gasteiger partial charge in [-0.3, -0.25) is 0 Å². The minimum atomic E-state index is 0. The number of hydrogen-bond donors (Lipinski definition) is 1. The van der Waals surface area contributed by atoms with E-state index in [0.717, 1.165) is 28.4 Å². The third-order valence-corrected chi connectivity index (χ3v) is 4.05. The number of benzene rings is 2. The molecule has 3 rings (SSSR count). The van der Waals surface area contributed by atoms with Crippen LogP contribution in [0.5, 0.6) is 5.75 Å². The van der Waals surface area contributed by atoms with Crippen molar-refractivity contribution in [2.24, 2.45) is 0 Å². The molecule has 0 fully saturated rings. The molecule has 0 saturated carbocycles. The van der Waals surface area contributed by atoms with Gasteiger partial charge in [0.1, 0.15) is 17.3 Å². The Kier molecular flexibility index (Phi) is 7.21. The van der Waals surface area contributed by atoms with E-state index < -0.39 is 0 Å². The highest BCUT2D eigenvalue weighted by molar-refractivity contribution is 6.35. The fourth-order valence-electron chi connectivity index (χ4n) is 2.49. The monoisotopic (exact) mass is 397 g/mol. The fourth-order valence-corrected chi connectivity index (χ4v) is 3.02. The number of furan rings is 1. The summed E-state index contributed by atoms with van der Waals surface area (Å²) in [5.41, 5.74) is 1.97. The quantitative estimate of drug-likeness (QED) is 0.555. The maximum atomic E-state index is 6.04. The van der Waals surface area contributed by atoms with Crippen LogP contribution < -0.4 is 10.1 Å². The van der Waals surface area contributed by atoms with Crippen LogP contribution in [0, 0.1) is 0 Å². The molecule has 132 valence electrons. The van der Waals surface area contributed by atoms with E-state index in [9.17, 15) is 0 Å². The van der Waals surface area contributed by atoms with Gasteiger partial charge in [-0.2, -0.15) is 0 Å². The number of halogens is 3. The average molecular weight is 399 g/mol. The lowest BCUT2D eigenvalue weighted by Crippen LogP contribution is -2.12. The predicted octanol–water partition coefficient (Wildman–Crippen LogP) is 5.97. The Labute approximate surface area is 163 Å². The topological polar surface area (TPSA) is 34.4 Å². The molecule has 0 aliphatic carbocycles. The van der Waals surface area contributed by atoms with Gasteiger partial charge < -0.3 is 14.5 Å². The number of methoxy groups -OCH3 is 1. The highest BCUT2D eigenvalue weighted by Crippen LogP contribution is 2.28. The van der Waals surface area contributed by atoms with Crippen molar-refractivity contribution in [1.82, 2.24) is 5.32 Å². The SMILES string of the molecule is COc1ccccc1CNCc1ccc(-c2cc(Cl)cc(Cl)c2)o1.Cl. The second-order valence-electron chi connectivity index (χ2n) is 5.34. The van der Waals surface area contributed by atoms with Crippen LogP contribution in [0.3, 0.4) is 0 Å². The minimum Gasteiger partial charge on any atom is -0.496 e. The van der Waals surface area contributed by atoms with E-state index in [1.807, 2.05) is 48.5 Å². The van der Waals surface area contributed by atoms with Crippen molar-refractivity contribution in [3.8, 4) is 17.1 Å². The number of nitrogens with one attached hydrogen (secondary N) is 1. The maximum absolute atomic E-state index is 6.04. The fraction of sp³-hybridized carbons (Fsp3) is 0.158. The molecule has 0 unspecified atom stereocenters. The molecule has 1 aromatic heterocycles. The molecule has 6 heteroatoms.